The van der Waals surface area contributed by atoms with Crippen molar-refractivity contribution in [2.45, 2.75) is 26.4 Å². The summed E-state index contributed by atoms with van der Waals surface area (Å²) in [4.78, 5) is 0. The number of aromatic nitrogens is 4. The minimum atomic E-state index is -0.275. The zero-order chi connectivity index (χ0) is 20.4. The summed E-state index contributed by atoms with van der Waals surface area (Å²) in [5.41, 5.74) is 4.79. The molecule has 0 fully saturated rings. The fourth-order valence-electron chi connectivity index (χ4n) is 3.28. The molecule has 4 rings (SSSR count). The lowest BCUT2D eigenvalue weighted by molar-refractivity contribution is 0.571. The number of hydrogen-bond acceptors (Lipinski definition) is 3. The predicted octanol–water partition coefficient (Wildman–Crippen LogP) is 5.01. The van der Waals surface area contributed by atoms with Gasteiger partial charge in [0.25, 0.3) is 0 Å². The van der Waals surface area contributed by atoms with Crippen LogP contribution in [-0.2, 0) is 6.54 Å². The molecule has 0 spiro atoms. The van der Waals surface area contributed by atoms with E-state index in [0.29, 0.717) is 17.3 Å². The SMILES string of the molecule is Cc1c([C@H](C)NCc2cnn(-c3ccc(Cl)cc3)c2)cnn1-c1cccc(F)c1. The zero-order valence-electron chi connectivity index (χ0n) is 16.2. The van der Waals surface area contributed by atoms with Crippen molar-refractivity contribution in [3.63, 3.8) is 0 Å². The Balaban J connectivity index is 1.44. The Bertz CT molecular complexity index is 1120. The van der Waals surface area contributed by atoms with Crippen LogP contribution in [0, 0.1) is 12.7 Å². The first-order valence-corrected chi connectivity index (χ1v) is 9.72. The van der Waals surface area contributed by atoms with Crippen LogP contribution in [0.15, 0.2) is 67.1 Å². The number of halogens is 2. The van der Waals surface area contributed by atoms with Gasteiger partial charge in [0.1, 0.15) is 5.82 Å². The third-order valence-electron chi connectivity index (χ3n) is 4.91. The Kier molecular flexibility index (Phi) is 5.47. The Morgan fingerprint density at radius 3 is 2.62 bits per heavy atom. The maximum atomic E-state index is 13.5. The maximum absolute atomic E-state index is 13.5. The zero-order valence-corrected chi connectivity index (χ0v) is 16.9. The molecule has 0 unspecified atom stereocenters. The third kappa shape index (κ3) is 4.23. The van der Waals surface area contributed by atoms with E-state index >= 15 is 0 Å². The highest BCUT2D eigenvalue weighted by Gasteiger charge is 2.14. The van der Waals surface area contributed by atoms with Crippen molar-refractivity contribution in [3.05, 3.63) is 94.8 Å². The monoisotopic (exact) mass is 409 g/mol. The minimum Gasteiger partial charge on any atom is -0.306 e. The summed E-state index contributed by atoms with van der Waals surface area (Å²) < 4.78 is 17.1. The number of nitrogens with one attached hydrogen (secondary N) is 1. The molecule has 0 aliphatic heterocycles. The van der Waals surface area contributed by atoms with Crippen LogP contribution in [0.5, 0.6) is 0 Å². The van der Waals surface area contributed by atoms with E-state index in [0.717, 1.165) is 22.5 Å². The molecule has 0 aliphatic rings. The van der Waals surface area contributed by atoms with Crippen LogP contribution >= 0.6 is 11.6 Å². The molecule has 0 bridgehead atoms. The standard InChI is InChI=1S/C22H21ClFN5/c1-15(22-13-27-29(16(22)2)21-5-3-4-19(24)10-21)25-11-17-12-26-28(14-17)20-8-6-18(23)7-9-20/h3-10,12-15,25H,11H2,1-2H3/t15-/m0/s1. The van der Waals surface area contributed by atoms with Gasteiger partial charge in [0.15, 0.2) is 0 Å². The normalized spacial score (nSPS) is 12.3. The molecular weight excluding hydrogens is 389 g/mol. The molecule has 2 heterocycles. The first kappa shape index (κ1) is 19.4. The summed E-state index contributed by atoms with van der Waals surface area (Å²) >= 11 is 5.94. The maximum Gasteiger partial charge on any atom is 0.125 e. The van der Waals surface area contributed by atoms with Crippen molar-refractivity contribution in [1.29, 1.82) is 0 Å². The molecule has 1 atom stereocenters. The summed E-state index contributed by atoms with van der Waals surface area (Å²) in [6.45, 7) is 4.74. The largest absolute Gasteiger partial charge is 0.306 e. The second-order valence-electron chi connectivity index (χ2n) is 6.95. The molecule has 29 heavy (non-hydrogen) atoms. The Morgan fingerprint density at radius 1 is 1.07 bits per heavy atom. The first-order chi connectivity index (χ1) is 14.0. The van der Waals surface area contributed by atoms with Crippen molar-refractivity contribution in [3.8, 4) is 11.4 Å². The molecule has 148 valence electrons. The number of rotatable bonds is 6. The highest BCUT2D eigenvalue weighted by molar-refractivity contribution is 6.30. The average Bonchev–Trinajstić information content (AvgIpc) is 3.33. The van der Waals surface area contributed by atoms with Gasteiger partial charge in [-0.15, -0.1) is 0 Å². The highest BCUT2D eigenvalue weighted by Crippen LogP contribution is 2.21. The van der Waals surface area contributed by atoms with Gasteiger partial charge in [0.2, 0.25) is 0 Å². The van der Waals surface area contributed by atoms with Gasteiger partial charge in [-0.05, 0) is 56.3 Å². The molecule has 0 saturated heterocycles. The smallest absolute Gasteiger partial charge is 0.125 e. The van der Waals surface area contributed by atoms with Crippen LogP contribution in [-0.4, -0.2) is 19.6 Å². The Labute approximate surface area is 173 Å². The van der Waals surface area contributed by atoms with E-state index in [2.05, 4.69) is 22.4 Å². The van der Waals surface area contributed by atoms with Crippen molar-refractivity contribution in [2.24, 2.45) is 0 Å². The summed E-state index contributed by atoms with van der Waals surface area (Å²) in [5.74, 6) is -0.275. The Hall–Kier alpha value is -2.96. The van der Waals surface area contributed by atoms with Crippen LogP contribution in [0.25, 0.3) is 11.4 Å². The van der Waals surface area contributed by atoms with Crippen molar-refractivity contribution < 1.29 is 4.39 Å². The minimum absolute atomic E-state index is 0.0798. The van der Waals surface area contributed by atoms with Gasteiger partial charge in [0.05, 0.1) is 23.8 Å². The first-order valence-electron chi connectivity index (χ1n) is 9.34. The number of nitrogens with zero attached hydrogens (tertiary/aromatic N) is 4. The van der Waals surface area contributed by atoms with Gasteiger partial charge < -0.3 is 5.32 Å². The van der Waals surface area contributed by atoms with E-state index in [4.69, 9.17) is 11.6 Å². The molecule has 0 aliphatic carbocycles. The predicted molar refractivity (Wildman–Crippen MR) is 112 cm³/mol. The van der Waals surface area contributed by atoms with Gasteiger partial charge >= 0.3 is 0 Å². The lowest BCUT2D eigenvalue weighted by Crippen LogP contribution is -2.18. The fourth-order valence-corrected chi connectivity index (χ4v) is 3.41. The van der Waals surface area contributed by atoms with Gasteiger partial charge in [-0.3, -0.25) is 0 Å². The molecule has 0 radical (unpaired) electrons. The van der Waals surface area contributed by atoms with Crippen LogP contribution in [0.4, 0.5) is 4.39 Å². The van der Waals surface area contributed by atoms with E-state index < -0.39 is 0 Å². The van der Waals surface area contributed by atoms with E-state index in [1.165, 1.54) is 12.1 Å². The van der Waals surface area contributed by atoms with E-state index in [-0.39, 0.29) is 11.9 Å². The molecule has 0 saturated carbocycles. The molecule has 2 aromatic heterocycles. The third-order valence-corrected chi connectivity index (χ3v) is 5.16. The summed E-state index contributed by atoms with van der Waals surface area (Å²) in [7, 11) is 0. The van der Waals surface area contributed by atoms with E-state index in [1.807, 2.05) is 60.5 Å². The van der Waals surface area contributed by atoms with Gasteiger partial charge in [-0.25, -0.2) is 13.8 Å². The fraction of sp³-hybridized carbons (Fsp3) is 0.182. The summed E-state index contributed by atoms with van der Waals surface area (Å²) in [6.07, 6.45) is 5.67. The second-order valence-corrected chi connectivity index (χ2v) is 7.39. The highest BCUT2D eigenvalue weighted by atomic mass is 35.5. The van der Waals surface area contributed by atoms with Gasteiger partial charge in [0, 0.05) is 40.6 Å². The molecule has 4 aromatic rings. The lowest BCUT2D eigenvalue weighted by Gasteiger charge is -2.13. The Morgan fingerprint density at radius 2 is 1.86 bits per heavy atom. The molecular formula is C22H21ClFN5. The topological polar surface area (TPSA) is 47.7 Å². The van der Waals surface area contributed by atoms with Crippen molar-refractivity contribution in [2.75, 3.05) is 0 Å². The molecule has 1 N–H and O–H groups in total. The summed E-state index contributed by atoms with van der Waals surface area (Å²) in [6, 6.07) is 14.1. The van der Waals surface area contributed by atoms with Gasteiger partial charge in [-0.2, -0.15) is 10.2 Å². The van der Waals surface area contributed by atoms with Gasteiger partial charge in [-0.1, -0.05) is 17.7 Å². The van der Waals surface area contributed by atoms with E-state index in [1.54, 1.807) is 10.7 Å². The molecule has 2 aromatic carbocycles. The molecule has 0 amide bonds. The van der Waals surface area contributed by atoms with Crippen molar-refractivity contribution >= 4 is 11.6 Å². The quantitative estimate of drug-likeness (QED) is 0.487. The molecule has 7 heteroatoms. The van der Waals surface area contributed by atoms with Crippen molar-refractivity contribution in [1.82, 2.24) is 24.9 Å². The van der Waals surface area contributed by atoms with Crippen LogP contribution in [0.2, 0.25) is 5.02 Å². The van der Waals surface area contributed by atoms with Crippen LogP contribution < -0.4 is 5.32 Å². The van der Waals surface area contributed by atoms with Crippen LogP contribution in [0.1, 0.15) is 29.8 Å². The molecule has 5 nitrogen and oxygen atoms in total. The average molecular weight is 410 g/mol. The number of hydrogen-bond donors (Lipinski definition) is 1. The number of benzene rings is 2. The van der Waals surface area contributed by atoms with E-state index in [9.17, 15) is 4.39 Å². The second kappa shape index (κ2) is 8.19. The van der Waals surface area contributed by atoms with Crippen LogP contribution in [0.3, 0.4) is 0 Å². The summed E-state index contributed by atoms with van der Waals surface area (Å²) in [5, 5.41) is 13.1. The lowest BCUT2D eigenvalue weighted by atomic mass is 10.1.